The Morgan fingerprint density at radius 3 is 1.45 bits per heavy atom. The van der Waals surface area contributed by atoms with E-state index in [0.29, 0.717) is 0 Å². The summed E-state index contributed by atoms with van der Waals surface area (Å²) in [4.78, 5) is 18.9. The first-order chi connectivity index (χ1) is 4.91. The molecule has 0 unspecified atom stereocenters. The van der Waals surface area contributed by atoms with Crippen molar-refractivity contribution in [3.05, 3.63) is 0 Å². The van der Waals surface area contributed by atoms with Crippen molar-refractivity contribution in [3.63, 3.8) is 0 Å². The zero-order valence-electron chi connectivity index (χ0n) is 6.96. The van der Waals surface area contributed by atoms with Crippen molar-refractivity contribution in [2.75, 3.05) is 0 Å². The van der Waals surface area contributed by atoms with Crippen LogP contribution in [0.1, 0.15) is 0 Å². The van der Waals surface area contributed by atoms with Crippen LogP contribution in [0.5, 0.6) is 0 Å². The van der Waals surface area contributed by atoms with E-state index in [9.17, 15) is 9.59 Å². The first kappa shape index (κ1) is 13.0. The molecule has 0 saturated carbocycles. The maximum Gasteiger partial charge on any atom is 0.306 e. The zero-order valence-corrected chi connectivity index (χ0v) is 10.1. The second-order valence-electron chi connectivity index (χ2n) is 2.01. The molecule has 0 radical (unpaired) electrons. The maximum atomic E-state index is 9.45. The Morgan fingerprint density at radius 1 is 1.27 bits per heavy atom. The summed E-state index contributed by atoms with van der Waals surface area (Å²) in [6.45, 7) is 4.35. The van der Waals surface area contributed by atoms with Gasteiger partial charge in [0.15, 0.2) is 9.04 Å². The molecule has 4 N–H and O–H groups in total. The fraction of sp³-hybridized carbons (Fsp3) is 0.500. The number of hydrogen-bond acceptors (Lipinski definition) is 3. The summed E-state index contributed by atoms with van der Waals surface area (Å²) in [7, 11) is 0.347. The lowest BCUT2D eigenvalue weighted by molar-refractivity contribution is -0.135. The average molecular weight is 194 g/mol. The fourth-order valence-electron chi connectivity index (χ4n) is 0. The van der Waals surface area contributed by atoms with Crippen molar-refractivity contribution < 1.29 is 13.7 Å². The number of primary amides is 2. The van der Waals surface area contributed by atoms with Crippen molar-refractivity contribution in [1.29, 1.82) is 0 Å². The van der Waals surface area contributed by atoms with Gasteiger partial charge in [0, 0.05) is 0 Å². The van der Waals surface area contributed by atoms with Crippen LogP contribution >= 0.6 is 0 Å². The van der Waals surface area contributed by atoms with Gasteiger partial charge in [-0.3, -0.25) is 9.59 Å². The minimum Gasteiger partial charge on any atom is -0.466 e. The molecule has 0 aromatic carbocycles. The van der Waals surface area contributed by atoms with E-state index < -0.39 is 20.9 Å². The lowest BCUT2D eigenvalue weighted by Crippen LogP contribution is -2.29. The quantitative estimate of drug-likeness (QED) is 0.349. The molecule has 0 aliphatic rings. The van der Waals surface area contributed by atoms with E-state index in [2.05, 4.69) is 24.6 Å². The summed E-state index contributed by atoms with van der Waals surface area (Å²) < 4.78 is 5.03. The molecular formula is C4H14N2O3Si2. The second-order valence-corrected chi connectivity index (χ2v) is 6.00. The topological polar surface area (TPSA) is 95.4 Å². The summed E-state index contributed by atoms with van der Waals surface area (Å²) in [6, 6.07) is 0. The van der Waals surface area contributed by atoms with Crippen LogP contribution in [-0.4, -0.2) is 31.3 Å². The summed E-state index contributed by atoms with van der Waals surface area (Å²) in [5, 5.41) is 0. The van der Waals surface area contributed by atoms with Gasteiger partial charge in [-0.25, -0.2) is 0 Å². The van der Waals surface area contributed by atoms with Crippen LogP contribution in [0.25, 0.3) is 0 Å². The lowest BCUT2D eigenvalue weighted by Gasteiger charge is -1.93. The number of amides is 2. The Hall–Kier alpha value is -0.666. The molecule has 0 fully saturated rings. The van der Waals surface area contributed by atoms with Gasteiger partial charge in [0.2, 0.25) is 0 Å². The number of carbonyl (C=O) groups excluding carboxylic acids is 2. The van der Waals surface area contributed by atoms with Gasteiger partial charge in [-0.2, -0.15) is 0 Å². The number of hydrogen-bond donors (Lipinski definition) is 2. The van der Waals surface area contributed by atoms with Gasteiger partial charge >= 0.3 is 11.8 Å². The van der Waals surface area contributed by atoms with Crippen molar-refractivity contribution in [2.24, 2.45) is 11.5 Å². The molecule has 5 nitrogen and oxygen atoms in total. The first-order valence-electron chi connectivity index (χ1n) is 3.03. The minimum absolute atomic E-state index is 0.588. The van der Waals surface area contributed by atoms with Crippen molar-refractivity contribution in [1.82, 2.24) is 0 Å². The molecule has 0 atom stereocenters. The third-order valence-electron chi connectivity index (χ3n) is 0.714. The van der Waals surface area contributed by atoms with Crippen LogP contribution in [0.3, 0.4) is 0 Å². The minimum atomic E-state index is -1.10. The second kappa shape index (κ2) is 7.44. The highest BCUT2D eigenvalue weighted by molar-refractivity contribution is 6.52. The van der Waals surface area contributed by atoms with Crippen LogP contribution in [0.2, 0.25) is 13.1 Å². The normalized spacial score (nSPS) is 8.64. The third-order valence-corrected chi connectivity index (χ3v) is 4.49. The Labute approximate surface area is 70.4 Å². The Morgan fingerprint density at radius 2 is 1.45 bits per heavy atom. The average Bonchev–Trinajstić information content (AvgIpc) is 1.89. The molecule has 11 heavy (non-hydrogen) atoms. The molecule has 0 aliphatic heterocycles. The Bertz CT molecular complexity index is 127. The summed E-state index contributed by atoms with van der Waals surface area (Å²) >= 11 is 0. The van der Waals surface area contributed by atoms with E-state index in [1.54, 1.807) is 0 Å². The van der Waals surface area contributed by atoms with Crippen molar-refractivity contribution in [2.45, 2.75) is 13.1 Å². The molecule has 7 heteroatoms. The highest BCUT2D eigenvalue weighted by atomic mass is 28.3. The van der Waals surface area contributed by atoms with Gasteiger partial charge in [-0.1, -0.05) is 0 Å². The smallest absolute Gasteiger partial charge is 0.306 e. The van der Waals surface area contributed by atoms with Crippen LogP contribution in [0.4, 0.5) is 0 Å². The molecule has 0 spiro atoms. The maximum absolute atomic E-state index is 9.45. The molecule has 2 amide bonds. The van der Waals surface area contributed by atoms with E-state index >= 15 is 0 Å². The van der Waals surface area contributed by atoms with E-state index in [0.717, 1.165) is 10.5 Å². The fourth-order valence-corrected chi connectivity index (χ4v) is 0. The van der Waals surface area contributed by atoms with E-state index in [4.69, 9.17) is 4.12 Å². The van der Waals surface area contributed by atoms with Crippen LogP contribution < -0.4 is 11.5 Å². The standard InChI is InChI=1S/C2H4N2O2.C2H10OSi2/c3-1(5)2(4)6;1-5(2)3-4/h(H2,3,5)(H2,4,6);5H,1-2,4H3. The highest BCUT2D eigenvalue weighted by Gasteiger charge is 1.96. The molecular weight excluding hydrogens is 180 g/mol. The van der Waals surface area contributed by atoms with Gasteiger partial charge < -0.3 is 15.6 Å². The Kier molecular flexibility index (Phi) is 8.77. The van der Waals surface area contributed by atoms with Crippen LogP contribution in [0, 0.1) is 0 Å². The number of nitrogens with two attached hydrogens (primary N) is 2. The molecule has 0 rings (SSSR count). The zero-order chi connectivity index (χ0) is 9.44. The van der Waals surface area contributed by atoms with E-state index in [1.807, 2.05) is 0 Å². The van der Waals surface area contributed by atoms with E-state index in [-0.39, 0.29) is 0 Å². The summed E-state index contributed by atoms with van der Waals surface area (Å²) in [5.74, 6) is -2.20. The first-order valence-corrected chi connectivity index (χ1v) is 6.63. The van der Waals surface area contributed by atoms with Gasteiger partial charge in [-0.05, 0) is 13.1 Å². The molecule has 0 aliphatic carbocycles. The van der Waals surface area contributed by atoms with E-state index in [1.165, 1.54) is 0 Å². The molecule has 0 heterocycles. The van der Waals surface area contributed by atoms with Gasteiger partial charge in [0.25, 0.3) is 0 Å². The largest absolute Gasteiger partial charge is 0.466 e. The molecule has 0 saturated heterocycles. The lowest BCUT2D eigenvalue weighted by atomic mass is 10.6. The predicted octanol–water partition coefficient (Wildman–Crippen LogP) is -2.78. The molecule has 0 aromatic rings. The number of carbonyl (C=O) groups is 2. The highest BCUT2D eigenvalue weighted by Crippen LogP contribution is 1.72. The molecule has 66 valence electrons. The number of rotatable bonds is 1. The van der Waals surface area contributed by atoms with Crippen LogP contribution in [0.15, 0.2) is 0 Å². The Balaban J connectivity index is 0. The van der Waals surface area contributed by atoms with Crippen molar-refractivity contribution >= 4 is 31.3 Å². The van der Waals surface area contributed by atoms with Gasteiger partial charge in [0.1, 0.15) is 10.5 Å². The monoisotopic (exact) mass is 194 g/mol. The van der Waals surface area contributed by atoms with Gasteiger partial charge in [-0.15, -0.1) is 0 Å². The van der Waals surface area contributed by atoms with Gasteiger partial charge in [0.05, 0.1) is 0 Å². The van der Waals surface area contributed by atoms with Crippen molar-refractivity contribution in [3.8, 4) is 0 Å². The van der Waals surface area contributed by atoms with Crippen LogP contribution in [-0.2, 0) is 13.7 Å². The SMILES string of the molecule is C[SiH](C)O[SiH3].NC(=O)C(N)=O. The summed E-state index contributed by atoms with van der Waals surface area (Å²) in [6.07, 6.45) is 0. The molecule has 0 bridgehead atoms. The molecule has 0 aromatic heterocycles. The predicted molar refractivity (Wildman–Crippen MR) is 48.3 cm³/mol. The summed E-state index contributed by atoms with van der Waals surface area (Å²) in [5.41, 5.74) is 8.64. The third kappa shape index (κ3) is 17.6.